The van der Waals surface area contributed by atoms with Crippen LogP contribution < -0.4 is 10.6 Å². The highest BCUT2D eigenvalue weighted by Gasteiger charge is 2.17. The van der Waals surface area contributed by atoms with E-state index in [1.165, 1.54) is 45.2 Å². The van der Waals surface area contributed by atoms with Crippen LogP contribution in [-0.2, 0) is 4.74 Å². The minimum atomic E-state index is 0.346. The molecular weight excluding hydrogens is 176 g/mol. The van der Waals surface area contributed by atoms with Crippen LogP contribution in [0.25, 0.3) is 0 Å². The van der Waals surface area contributed by atoms with Crippen molar-refractivity contribution < 1.29 is 4.74 Å². The van der Waals surface area contributed by atoms with Gasteiger partial charge in [-0.1, -0.05) is 0 Å². The molecule has 0 aromatic carbocycles. The molecule has 2 N–H and O–H groups in total. The highest BCUT2D eigenvalue weighted by atomic mass is 16.5. The lowest BCUT2D eigenvalue weighted by Gasteiger charge is -2.28. The lowest BCUT2D eigenvalue weighted by Crippen LogP contribution is -2.40. The Morgan fingerprint density at radius 1 is 1.14 bits per heavy atom. The molecule has 0 spiro atoms. The molecule has 0 aromatic heterocycles. The van der Waals surface area contributed by atoms with E-state index in [4.69, 9.17) is 4.74 Å². The van der Waals surface area contributed by atoms with E-state index in [1.807, 2.05) is 0 Å². The Morgan fingerprint density at radius 3 is 2.71 bits per heavy atom. The molecule has 2 saturated heterocycles. The van der Waals surface area contributed by atoms with Gasteiger partial charge in [-0.25, -0.2) is 0 Å². The number of piperidine rings is 1. The molecule has 3 nitrogen and oxygen atoms in total. The average molecular weight is 198 g/mol. The molecule has 3 heteroatoms. The minimum Gasteiger partial charge on any atom is -0.363 e. The first kappa shape index (κ1) is 10.4. The van der Waals surface area contributed by atoms with Crippen molar-refractivity contribution in [2.45, 2.75) is 38.3 Å². The predicted octanol–water partition coefficient (Wildman–Crippen LogP) is 1.10. The molecule has 2 aliphatic heterocycles. The second-order valence-corrected chi connectivity index (χ2v) is 4.46. The normalized spacial score (nSPS) is 30.4. The van der Waals surface area contributed by atoms with Crippen molar-refractivity contribution in [2.75, 3.05) is 26.2 Å². The molecule has 14 heavy (non-hydrogen) atoms. The molecule has 0 aliphatic carbocycles. The Balaban J connectivity index is 1.60. The zero-order valence-corrected chi connectivity index (χ0v) is 8.93. The third kappa shape index (κ3) is 3.23. The van der Waals surface area contributed by atoms with Crippen LogP contribution in [0.3, 0.4) is 0 Å². The number of rotatable bonds is 3. The summed E-state index contributed by atoms with van der Waals surface area (Å²) in [5.41, 5.74) is 0. The maximum absolute atomic E-state index is 5.64. The van der Waals surface area contributed by atoms with Gasteiger partial charge in [0.1, 0.15) is 6.23 Å². The first-order valence-electron chi connectivity index (χ1n) is 6.01. The largest absolute Gasteiger partial charge is 0.363 e. The van der Waals surface area contributed by atoms with Crippen LogP contribution in [0.15, 0.2) is 0 Å². The minimum absolute atomic E-state index is 0.346. The molecular formula is C11H22N2O. The zero-order valence-electron chi connectivity index (χ0n) is 8.93. The van der Waals surface area contributed by atoms with Gasteiger partial charge in [0.05, 0.1) is 0 Å². The monoisotopic (exact) mass is 198 g/mol. The number of nitrogens with one attached hydrogen (secondary N) is 2. The molecule has 82 valence electrons. The fraction of sp³-hybridized carbons (Fsp3) is 1.00. The lowest BCUT2D eigenvalue weighted by atomic mass is 9.98. The summed E-state index contributed by atoms with van der Waals surface area (Å²) in [5.74, 6) is 0.863. The molecule has 0 bridgehead atoms. The third-order valence-electron chi connectivity index (χ3n) is 3.27. The van der Waals surface area contributed by atoms with Gasteiger partial charge in [-0.05, 0) is 51.1 Å². The van der Waals surface area contributed by atoms with Crippen LogP contribution in [0.4, 0.5) is 0 Å². The fourth-order valence-corrected chi connectivity index (χ4v) is 2.29. The Kier molecular flexibility index (Phi) is 4.22. The van der Waals surface area contributed by atoms with Gasteiger partial charge in [0, 0.05) is 13.2 Å². The van der Waals surface area contributed by atoms with Gasteiger partial charge in [-0.15, -0.1) is 0 Å². The molecule has 0 saturated carbocycles. The second kappa shape index (κ2) is 5.69. The van der Waals surface area contributed by atoms with Gasteiger partial charge < -0.3 is 10.1 Å². The predicted molar refractivity (Wildman–Crippen MR) is 57.2 cm³/mol. The molecule has 2 rings (SSSR count). The van der Waals surface area contributed by atoms with E-state index < -0.39 is 0 Å². The zero-order chi connectivity index (χ0) is 9.64. The first-order valence-corrected chi connectivity index (χ1v) is 6.01. The maximum Gasteiger partial charge on any atom is 0.108 e. The van der Waals surface area contributed by atoms with Gasteiger partial charge in [-0.2, -0.15) is 0 Å². The highest BCUT2D eigenvalue weighted by molar-refractivity contribution is 4.72. The van der Waals surface area contributed by atoms with E-state index in [9.17, 15) is 0 Å². The number of ether oxygens (including phenoxy) is 1. The van der Waals surface area contributed by atoms with Crippen LogP contribution >= 0.6 is 0 Å². The fourth-order valence-electron chi connectivity index (χ4n) is 2.29. The summed E-state index contributed by atoms with van der Waals surface area (Å²) >= 11 is 0. The van der Waals surface area contributed by atoms with Crippen LogP contribution in [0.2, 0.25) is 0 Å². The van der Waals surface area contributed by atoms with Crippen molar-refractivity contribution >= 4 is 0 Å². The van der Waals surface area contributed by atoms with Gasteiger partial charge in [-0.3, -0.25) is 5.32 Å². The summed E-state index contributed by atoms with van der Waals surface area (Å²) in [6.45, 7) is 4.48. The third-order valence-corrected chi connectivity index (χ3v) is 3.27. The molecule has 2 heterocycles. The number of hydrogen-bond acceptors (Lipinski definition) is 3. The van der Waals surface area contributed by atoms with Crippen LogP contribution in [0, 0.1) is 5.92 Å². The van der Waals surface area contributed by atoms with Crippen molar-refractivity contribution in [1.82, 2.24) is 10.6 Å². The van der Waals surface area contributed by atoms with E-state index in [0.29, 0.717) is 6.23 Å². The van der Waals surface area contributed by atoms with Gasteiger partial charge in [0.25, 0.3) is 0 Å². The van der Waals surface area contributed by atoms with Gasteiger partial charge in [0.15, 0.2) is 0 Å². The molecule has 2 fully saturated rings. The number of hydrogen-bond donors (Lipinski definition) is 2. The summed E-state index contributed by atoms with van der Waals surface area (Å²) in [7, 11) is 0. The topological polar surface area (TPSA) is 33.3 Å². The van der Waals surface area contributed by atoms with Gasteiger partial charge in [0.2, 0.25) is 0 Å². The van der Waals surface area contributed by atoms with E-state index >= 15 is 0 Å². The standard InChI is InChI=1S/C11H22N2O/c1-2-8-14-11(3-1)13-9-10-4-6-12-7-5-10/h10-13H,1-9H2. The molecule has 0 amide bonds. The molecule has 0 radical (unpaired) electrons. The highest BCUT2D eigenvalue weighted by Crippen LogP contribution is 2.13. The average Bonchev–Trinajstić information content (AvgIpc) is 2.29. The molecule has 0 aromatic rings. The Bertz CT molecular complexity index is 133. The first-order chi connectivity index (χ1) is 6.95. The van der Waals surface area contributed by atoms with E-state index in [2.05, 4.69) is 10.6 Å². The lowest BCUT2D eigenvalue weighted by molar-refractivity contribution is -0.00800. The maximum atomic E-state index is 5.64. The van der Waals surface area contributed by atoms with Gasteiger partial charge >= 0.3 is 0 Å². The molecule has 2 aliphatic rings. The summed E-state index contributed by atoms with van der Waals surface area (Å²) in [4.78, 5) is 0. The van der Waals surface area contributed by atoms with Crippen molar-refractivity contribution in [3.05, 3.63) is 0 Å². The molecule has 1 unspecified atom stereocenters. The van der Waals surface area contributed by atoms with Crippen molar-refractivity contribution in [3.8, 4) is 0 Å². The van der Waals surface area contributed by atoms with E-state index in [-0.39, 0.29) is 0 Å². The van der Waals surface area contributed by atoms with Crippen LogP contribution in [0.5, 0.6) is 0 Å². The Hall–Kier alpha value is -0.120. The quantitative estimate of drug-likeness (QED) is 0.712. The summed E-state index contributed by atoms with van der Waals surface area (Å²) in [5, 5.41) is 6.93. The van der Waals surface area contributed by atoms with E-state index in [1.54, 1.807) is 0 Å². The van der Waals surface area contributed by atoms with Crippen LogP contribution in [-0.4, -0.2) is 32.5 Å². The SMILES string of the molecule is C1CCC(NCC2CCNCC2)OC1. The van der Waals surface area contributed by atoms with Crippen molar-refractivity contribution in [3.63, 3.8) is 0 Å². The smallest absolute Gasteiger partial charge is 0.108 e. The van der Waals surface area contributed by atoms with E-state index in [0.717, 1.165) is 19.1 Å². The van der Waals surface area contributed by atoms with Crippen molar-refractivity contribution in [1.29, 1.82) is 0 Å². The summed E-state index contributed by atoms with van der Waals surface area (Å²) in [6.07, 6.45) is 6.75. The van der Waals surface area contributed by atoms with Crippen LogP contribution in [0.1, 0.15) is 32.1 Å². The summed E-state index contributed by atoms with van der Waals surface area (Å²) < 4.78 is 5.64. The molecule has 1 atom stereocenters. The Morgan fingerprint density at radius 2 is 2.00 bits per heavy atom. The summed E-state index contributed by atoms with van der Waals surface area (Å²) in [6, 6.07) is 0. The Labute approximate surface area is 86.6 Å². The van der Waals surface area contributed by atoms with Crippen molar-refractivity contribution in [2.24, 2.45) is 5.92 Å². The second-order valence-electron chi connectivity index (χ2n) is 4.46.